The summed E-state index contributed by atoms with van der Waals surface area (Å²) in [6.45, 7) is 2.93. The minimum atomic E-state index is -3.47. The minimum Gasteiger partial charge on any atom is -0.395 e. The molecule has 1 aliphatic heterocycles. The van der Waals surface area contributed by atoms with Crippen LogP contribution in [0.2, 0.25) is 0 Å². The SMILES string of the molecule is O=S(=O)(c1c[nH]c2ccccc12)N1CCN(CCO)CC1. The molecule has 3 rings (SSSR count). The van der Waals surface area contributed by atoms with Gasteiger partial charge < -0.3 is 10.1 Å². The van der Waals surface area contributed by atoms with Crippen molar-refractivity contribution in [2.75, 3.05) is 39.3 Å². The number of sulfonamides is 1. The van der Waals surface area contributed by atoms with E-state index in [1.807, 2.05) is 24.3 Å². The summed E-state index contributed by atoms with van der Waals surface area (Å²) in [6, 6.07) is 7.41. The monoisotopic (exact) mass is 309 g/mol. The molecule has 0 amide bonds. The molecule has 114 valence electrons. The Kier molecular flexibility index (Phi) is 3.99. The fourth-order valence-electron chi connectivity index (χ4n) is 2.73. The van der Waals surface area contributed by atoms with Crippen LogP contribution in [0, 0.1) is 0 Å². The predicted octanol–water partition coefficient (Wildman–Crippen LogP) is 0.467. The molecule has 6 nitrogen and oxygen atoms in total. The van der Waals surface area contributed by atoms with Crippen LogP contribution in [0.3, 0.4) is 0 Å². The van der Waals surface area contributed by atoms with Crippen LogP contribution < -0.4 is 0 Å². The van der Waals surface area contributed by atoms with E-state index in [-0.39, 0.29) is 6.61 Å². The Balaban J connectivity index is 1.85. The first kappa shape index (κ1) is 14.5. The summed E-state index contributed by atoms with van der Waals surface area (Å²) >= 11 is 0. The standard InChI is InChI=1S/C14H19N3O3S/c18-10-9-16-5-7-17(8-6-16)21(19,20)14-11-15-13-4-2-1-3-12(13)14/h1-4,11,15,18H,5-10H2. The second kappa shape index (κ2) is 5.76. The van der Waals surface area contributed by atoms with E-state index in [2.05, 4.69) is 9.88 Å². The molecule has 1 aliphatic rings. The van der Waals surface area contributed by atoms with Crippen LogP contribution in [0.15, 0.2) is 35.4 Å². The van der Waals surface area contributed by atoms with Crippen LogP contribution in [-0.4, -0.2) is 67.0 Å². The Labute approximate surface area is 124 Å². The zero-order chi connectivity index (χ0) is 14.9. The van der Waals surface area contributed by atoms with Crippen molar-refractivity contribution in [3.8, 4) is 0 Å². The Morgan fingerprint density at radius 2 is 1.86 bits per heavy atom. The minimum absolute atomic E-state index is 0.106. The number of hydrogen-bond donors (Lipinski definition) is 2. The number of rotatable bonds is 4. The van der Waals surface area contributed by atoms with E-state index in [0.717, 1.165) is 10.9 Å². The molecule has 21 heavy (non-hydrogen) atoms. The summed E-state index contributed by atoms with van der Waals surface area (Å²) in [5, 5.41) is 9.67. The van der Waals surface area contributed by atoms with Crippen molar-refractivity contribution in [3.05, 3.63) is 30.5 Å². The number of H-pyrrole nitrogens is 1. The largest absolute Gasteiger partial charge is 0.395 e. The molecule has 2 aromatic rings. The van der Waals surface area contributed by atoms with Crippen molar-refractivity contribution in [3.63, 3.8) is 0 Å². The highest BCUT2D eigenvalue weighted by Crippen LogP contribution is 2.26. The Morgan fingerprint density at radius 3 is 2.57 bits per heavy atom. The number of aliphatic hydroxyl groups is 1. The highest BCUT2D eigenvalue weighted by Gasteiger charge is 2.30. The van der Waals surface area contributed by atoms with Crippen LogP contribution >= 0.6 is 0 Å². The molecular weight excluding hydrogens is 290 g/mol. The van der Waals surface area contributed by atoms with Crippen LogP contribution in [-0.2, 0) is 10.0 Å². The molecule has 0 atom stereocenters. The normalized spacial score (nSPS) is 18.3. The number of para-hydroxylation sites is 1. The molecule has 0 radical (unpaired) electrons. The highest BCUT2D eigenvalue weighted by atomic mass is 32.2. The van der Waals surface area contributed by atoms with Gasteiger partial charge in [0.2, 0.25) is 10.0 Å². The van der Waals surface area contributed by atoms with Crippen molar-refractivity contribution >= 4 is 20.9 Å². The number of aromatic nitrogens is 1. The van der Waals surface area contributed by atoms with Gasteiger partial charge in [-0.15, -0.1) is 0 Å². The number of hydrogen-bond acceptors (Lipinski definition) is 4. The molecule has 0 aliphatic carbocycles. The van der Waals surface area contributed by atoms with Gasteiger partial charge in [-0.2, -0.15) is 4.31 Å². The molecule has 0 spiro atoms. The number of aromatic amines is 1. The first-order valence-corrected chi connectivity index (χ1v) is 8.46. The average Bonchev–Trinajstić information content (AvgIpc) is 2.93. The van der Waals surface area contributed by atoms with E-state index in [1.165, 1.54) is 4.31 Å². The van der Waals surface area contributed by atoms with Gasteiger partial charge in [-0.05, 0) is 6.07 Å². The molecule has 7 heteroatoms. The molecule has 0 bridgehead atoms. The zero-order valence-corrected chi connectivity index (χ0v) is 12.5. The fraction of sp³-hybridized carbons (Fsp3) is 0.429. The Morgan fingerprint density at radius 1 is 1.14 bits per heavy atom. The number of nitrogens with zero attached hydrogens (tertiary/aromatic N) is 2. The van der Waals surface area contributed by atoms with Crippen molar-refractivity contribution < 1.29 is 13.5 Å². The van der Waals surface area contributed by atoms with E-state index in [4.69, 9.17) is 5.11 Å². The van der Waals surface area contributed by atoms with Crippen LogP contribution in [0.25, 0.3) is 10.9 Å². The highest BCUT2D eigenvalue weighted by molar-refractivity contribution is 7.89. The van der Waals surface area contributed by atoms with Gasteiger partial charge in [-0.3, -0.25) is 4.90 Å². The van der Waals surface area contributed by atoms with E-state index in [9.17, 15) is 8.42 Å². The molecule has 1 saturated heterocycles. The summed E-state index contributed by atoms with van der Waals surface area (Å²) in [6.07, 6.45) is 1.57. The molecule has 2 heterocycles. The molecular formula is C14H19N3O3S. The van der Waals surface area contributed by atoms with Crippen molar-refractivity contribution in [1.82, 2.24) is 14.2 Å². The van der Waals surface area contributed by atoms with Gasteiger partial charge in [-0.25, -0.2) is 8.42 Å². The van der Waals surface area contributed by atoms with Gasteiger partial charge in [-0.1, -0.05) is 18.2 Å². The van der Waals surface area contributed by atoms with E-state index < -0.39 is 10.0 Å². The van der Waals surface area contributed by atoms with Crippen LogP contribution in [0.4, 0.5) is 0 Å². The number of fused-ring (bicyclic) bond motifs is 1. The third-order valence-electron chi connectivity index (χ3n) is 3.92. The van der Waals surface area contributed by atoms with E-state index in [1.54, 1.807) is 6.20 Å². The lowest BCUT2D eigenvalue weighted by Crippen LogP contribution is -2.49. The maximum absolute atomic E-state index is 12.8. The maximum Gasteiger partial charge on any atom is 0.245 e. The number of aliphatic hydroxyl groups excluding tert-OH is 1. The van der Waals surface area contributed by atoms with Gasteiger partial charge in [0, 0.05) is 49.8 Å². The second-order valence-electron chi connectivity index (χ2n) is 5.17. The van der Waals surface area contributed by atoms with Gasteiger partial charge in [0.25, 0.3) is 0 Å². The average molecular weight is 309 g/mol. The second-order valence-corrected chi connectivity index (χ2v) is 7.07. The van der Waals surface area contributed by atoms with Crippen LogP contribution in [0.1, 0.15) is 0 Å². The van der Waals surface area contributed by atoms with Gasteiger partial charge >= 0.3 is 0 Å². The summed E-state index contributed by atoms with van der Waals surface area (Å²) in [4.78, 5) is 5.43. The predicted molar refractivity (Wildman–Crippen MR) is 80.6 cm³/mol. The summed E-state index contributed by atoms with van der Waals surface area (Å²) in [7, 11) is -3.47. The molecule has 0 unspecified atom stereocenters. The lowest BCUT2D eigenvalue weighted by molar-refractivity contribution is 0.151. The smallest absolute Gasteiger partial charge is 0.245 e. The molecule has 1 aromatic heterocycles. The molecule has 1 aromatic carbocycles. The number of nitrogens with one attached hydrogen (secondary N) is 1. The quantitative estimate of drug-likeness (QED) is 0.860. The topological polar surface area (TPSA) is 76.6 Å². The summed E-state index contributed by atoms with van der Waals surface area (Å²) in [5.74, 6) is 0. The summed E-state index contributed by atoms with van der Waals surface area (Å²) < 4.78 is 27.1. The van der Waals surface area contributed by atoms with Crippen molar-refractivity contribution in [1.29, 1.82) is 0 Å². The van der Waals surface area contributed by atoms with Gasteiger partial charge in [0.15, 0.2) is 0 Å². The maximum atomic E-state index is 12.8. The van der Waals surface area contributed by atoms with E-state index >= 15 is 0 Å². The van der Waals surface area contributed by atoms with E-state index in [0.29, 0.717) is 37.6 Å². The Hall–Kier alpha value is -1.41. The lowest BCUT2D eigenvalue weighted by Gasteiger charge is -2.33. The summed E-state index contributed by atoms with van der Waals surface area (Å²) in [5.41, 5.74) is 0.829. The lowest BCUT2D eigenvalue weighted by atomic mass is 10.2. The van der Waals surface area contributed by atoms with Gasteiger partial charge in [0.1, 0.15) is 4.90 Å². The third kappa shape index (κ3) is 2.69. The van der Waals surface area contributed by atoms with Crippen LogP contribution in [0.5, 0.6) is 0 Å². The van der Waals surface area contributed by atoms with Gasteiger partial charge in [0.05, 0.1) is 6.61 Å². The fourth-order valence-corrected chi connectivity index (χ4v) is 4.32. The van der Waals surface area contributed by atoms with Crippen molar-refractivity contribution in [2.45, 2.75) is 4.90 Å². The van der Waals surface area contributed by atoms with Crippen molar-refractivity contribution in [2.24, 2.45) is 0 Å². The first-order valence-electron chi connectivity index (χ1n) is 7.02. The Bertz CT molecular complexity index is 718. The number of benzene rings is 1. The first-order chi connectivity index (χ1) is 10.1. The molecule has 2 N–H and O–H groups in total. The molecule has 1 fully saturated rings. The zero-order valence-electron chi connectivity index (χ0n) is 11.7. The number of β-amino-alcohol motifs (C(OH)–C–C–N with tert-alkyl or cyclic N) is 1. The third-order valence-corrected chi connectivity index (χ3v) is 5.86. The molecule has 0 saturated carbocycles. The number of piperazine rings is 1.